The molecule has 2 aliphatic carbocycles. The van der Waals surface area contributed by atoms with Crippen molar-refractivity contribution in [2.24, 2.45) is 27.5 Å². The van der Waals surface area contributed by atoms with E-state index in [-0.39, 0.29) is 16.5 Å². The first-order valence-corrected chi connectivity index (χ1v) is 9.20. The van der Waals surface area contributed by atoms with Crippen LogP contribution in [-0.2, 0) is 5.54 Å². The predicted octanol–water partition coefficient (Wildman–Crippen LogP) is 4.51. The van der Waals surface area contributed by atoms with Crippen LogP contribution in [-0.4, -0.2) is 24.5 Å². The Hall–Kier alpha value is -2.15. The summed E-state index contributed by atoms with van der Waals surface area (Å²) in [6.07, 6.45) is 5.72. The van der Waals surface area contributed by atoms with Crippen molar-refractivity contribution in [1.82, 2.24) is 4.90 Å². The van der Waals surface area contributed by atoms with Gasteiger partial charge < -0.3 is 4.90 Å². The van der Waals surface area contributed by atoms with Gasteiger partial charge in [0.25, 0.3) is 0 Å². The number of nitriles is 1. The second-order valence-corrected chi connectivity index (χ2v) is 8.46. The zero-order valence-corrected chi connectivity index (χ0v) is 15.5. The summed E-state index contributed by atoms with van der Waals surface area (Å²) in [6, 6.07) is 13.0. The number of hydrogen-bond donors (Lipinski definition) is 0. The highest BCUT2D eigenvalue weighted by molar-refractivity contribution is 5.44. The Bertz CT molecular complexity index is 786. The highest BCUT2D eigenvalue weighted by Gasteiger charge is 2.77. The fraction of sp³-hybridized carbons (Fsp3) is 0.571. The van der Waals surface area contributed by atoms with Gasteiger partial charge in [-0.1, -0.05) is 50.6 Å². The number of azo groups is 1. The highest BCUT2D eigenvalue weighted by atomic mass is 15.3. The molecule has 2 saturated carbocycles. The van der Waals surface area contributed by atoms with E-state index < -0.39 is 0 Å². The molecule has 2 bridgehead atoms. The minimum absolute atomic E-state index is 0.158. The van der Waals surface area contributed by atoms with Crippen LogP contribution in [0.2, 0.25) is 0 Å². The van der Waals surface area contributed by atoms with Crippen molar-refractivity contribution in [2.45, 2.75) is 44.2 Å². The van der Waals surface area contributed by atoms with Crippen LogP contribution in [0.3, 0.4) is 0 Å². The normalized spacial score (nSPS) is 37.8. The fourth-order valence-electron chi connectivity index (χ4n) is 5.89. The van der Waals surface area contributed by atoms with Gasteiger partial charge >= 0.3 is 0 Å². The molecule has 1 aromatic rings. The van der Waals surface area contributed by atoms with Gasteiger partial charge in [0.05, 0.1) is 0 Å². The maximum atomic E-state index is 9.64. The third-order valence-electron chi connectivity index (χ3n) is 7.11. The van der Waals surface area contributed by atoms with E-state index in [9.17, 15) is 5.26 Å². The Morgan fingerprint density at radius 1 is 1.16 bits per heavy atom. The van der Waals surface area contributed by atoms with Crippen molar-refractivity contribution in [3.05, 3.63) is 47.7 Å². The summed E-state index contributed by atoms with van der Waals surface area (Å²) in [5.74, 6) is 0.962. The van der Waals surface area contributed by atoms with E-state index in [0.717, 1.165) is 0 Å². The molecule has 0 radical (unpaired) electrons. The number of allylic oxidation sites excluding steroid dienone is 1. The van der Waals surface area contributed by atoms with Gasteiger partial charge in [-0.15, -0.1) is 0 Å². The van der Waals surface area contributed by atoms with Crippen molar-refractivity contribution >= 4 is 0 Å². The van der Waals surface area contributed by atoms with Crippen molar-refractivity contribution in [3.8, 4) is 6.07 Å². The molecule has 4 heteroatoms. The first kappa shape index (κ1) is 16.3. The molecule has 1 aromatic carbocycles. The zero-order chi connectivity index (χ0) is 17.9. The van der Waals surface area contributed by atoms with Crippen molar-refractivity contribution in [2.75, 3.05) is 14.1 Å². The van der Waals surface area contributed by atoms with Gasteiger partial charge in [-0.2, -0.15) is 15.5 Å². The molecule has 130 valence electrons. The number of nitrogens with zero attached hydrogens (tertiary/aromatic N) is 4. The second kappa shape index (κ2) is 5.17. The lowest BCUT2D eigenvalue weighted by Gasteiger charge is -2.40. The van der Waals surface area contributed by atoms with Gasteiger partial charge in [-0.25, -0.2) is 0 Å². The van der Waals surface area contributed by atoms with Gasteiger partial charge in [0.1, 0.15) is 22.8 Å². The monoisotopic (exact) mass is 334 g/mol. The van der Waals surface area contributed by atoms with E-state index in [2.05, 4.69) is 56.3 Å². The molecule has 1 heterocycles. The fourth-order valence-corrected chi connectivity index (χ4v) is 5.89. The van der Waals surface area contributed by atoms with E-state index in [1.165, 1.54) is 24.8 Å². The molecule has 0 amide bonds. The Balaban J connectivity index is 1.95. The Labute approximate surface area is 150 Å². The lowest BCUT2D eigenvalue weighted by atomic mass is 9.63. The molecule has 2 fully saturated rings. The van der Waals surface area contributed by atoms with Crippen LogP contribution in [0.1, 0.15) is 38.7 Å². The summed E-state index contributed by atoms with van der Waals surface area (Å²) >= 11 is 0. The minimum atomic E-state index is -0.390. The third-order valence-corrected chi connectivity index (χ3v) is 7.11. The van der Waals surface area contributed by atoms with Crippen LogP contribution in [0, 0.1) is 28.6 Å². The number of benzene rings is 1. The number of rotatable bonds is 3. The summed E-state index contributed by atoms with van der Waals surface area (Å²) in [4.78, 5) is 1.89. The maximum Gasteiger partial charge on any atom is 0.117 e. The molecule has 0 unspecified atom stereocenters. The second-order valence-electron chi connectivity index (χ2n) is 8.46. The van der Waals surface area contributed by atoms with E-state index >= 15 is 0 Å². The van der Waals surface area contributed by atoms with Crippen LogP contribution in [0.4, 0.5) is 0 Å². The molecule has 4 atom stereocenters. The number of fused-ring (bicyclic) bond motifs is 5. The summed E-state index contributed by atoms with van der Waals surface area (Å²) in [7, 11) is 3.85. The van der Waals surface area contributed by atoms with Gasteiger partial charge in [0, 0.05) is 19.5 Å². The van der Waals surface area contributed by atoms with E-state index in [1.54, 1.807) is 0 Å². The van der Waals surface area contributed by atoms with Gasteiger partial charge in [0.15, 0.2) is 0 Å². The van der Waals surface area contributed by atoms with Crippen LogP contribution in [0.15, 0.2) is 52.3 Å². The van der Waals surface area contributed by atoms with Crippen LogP contribution in [0.5, 0.6) is 0 Å². The summed E-state index contributed by atoms with van der Waals surface area (Å²) in [5, 5.41) is 19.5. The molecule has 0 saturated heterocycles. The molecular formula is C21H26N4. The van der Waals surface area contributed by atoms with Crippen LogP contribution in [0.25, 0.3) is 0 Å². The molecule has 0 N–H and O–H groups in total. The quantitative estimate of drug-likeness (QED) is 0.764. The Morgan fingerprint density at radius 3 is 2.48 bits per heavy atom. The van der Waals surface area contributed by atoms with E-state index in [1.807, 2.05) is 19.0 Å². The number of hydrogen-bond acceptors (Lipinski definition) is 4. The lowest BCUT2D eigenvalue weighted by Crippen LogP contribution is -2.45. The molecule has 0 aromatic heterocycles. The van der Waals surface area contributed by atoms with Gasteiger partial charge in [-0.3, -0.25) is 0 Å². The largest absolute Gasteiger partial charge is 0.369 e. The molecule has 4 nitrogen and oxygen atoms in total. The van der Waals surface area contributed by atoms with Crippen LogP contribution < -0.4 is 0 Å². The molecular weight excluding hydrogens is 308 g/mol. The Morgan fingerprint density at radius 2 is 1.84 bits per heavy atom. The maximum absolute atomic E-state index is 9.64. The smallest absolute Gasteiger partial charge is 0.117 e. The third kappa shape index (κ3) is 1.76. The average molecular weight is 334 g/mol. The molecule has 25 heavy (non-hydrogen) atoms. The molecule has 0 spiro atoms. The first-order chi connectivity index (χ1) is 11.9. The topological polar surface area (TPSA) is 51.8 Å². The SMILES string of the molecule is CN(C)/C(C#N)=C/[C@@]12N=N[C@@](c3ccccc3)([C@H]3CCC[C@H]31)C2(C)C. The zero-order valence-electron chi connectivity index (χ0n) is 15.5. The van der Waals surface area contributed by atoms with Crippen molar-refractivity contribution in [1.29, 1.82) is 5.26 Å². The van der Waals surface area contributed by atoms with E-state index in [4.69, 9.17) is 10.2 Å². The first-order valence-electron chi connectivity index (χ1n) is 9.20. The highest BCUT2D eigenvalue weighted by Crippen LogP contribution is 2.74. The molecule has 1 aliphatic heterocycles. The van der Waals surface area contributed by atoms with Gasteiger partial charge in [-0.05, 0) is 36.3 Å². The average Bonchev–Trinajstić information content (AvgIpc) is 3.21. The van der Waals surface area contributed by atoms with Crippen molar-refractivity contribution < 1.29 is 0 Å². The lowest BCUT2D eigenvalue weighted by molar-refractivity contribution is 0.164. The Kier molecular flexibility index (Phi) is 3.38. The van der Waals surface area contributed by atoms with Crippen LogP contribution >= 0.6 is 0 Å². The summed E-state index contributed by atoms with van der Waals surface area (Å²) in [6.45, 7) is 4.61. The standard InChI is InChI=1S/C21H26N4/c1-19(2)20(13-16(14-22)25(3)4)17-11-8-12-18(17)21(19,24-23-20)15-9-6-5-7-10-15/h5-7,9-10,13,17-18H,8,11-12H2,1-4H3/b16-13+/t17-,18+,20-,21+/m1/s1. The van der Waals surface area contributed by atoms with Crippen molar-refractivity contribution in [3.63, 3.8) is 0 Å². The molecule has 4 rings (SSSR count). The minimum Gasteiger partial charge on any atom is -0.369 e. The van der Waals surface area contributed by atoms with E-state index in [0.29, 0.717) is 17.5 Å². The summed E-state index contributed by atoms with van der Waals surface area (Å²) < 4.78 is 0. The summed E-state index contributed by atoms with van der Waals surface area (Å²) in [5.41, 5.74) is 1.13. The predicted molar refractivity (Wildman–Crippen MR) is 97.7 cm³/mol. The molecule has 3 aliphatic rings. The van der Waals surface area contributed by atoms with Gasteiger partial charge in [0.2, 0.25) is 0 Å².